The van der Waals surface area contributed by atoms with Gasteiger partial charge in [0.25, 0.3) is 0 Å². The molecule has 0 radical (unpaired) electrons. The lowest BCUT2D eigenvalue weighted by Gasteiger charge is -2.22. The maximum Gasteiger partial charge on any atom is 0.363 e. The third-order valence-corrected chi connectivity index (χ3v) is 5.10. The van der Waals surface area contributed by atoms with Gasteiger partial charge in [-0.25, -0.2) is 0 Å². The third kappa shape index (κ3) is 3.75. The number of carbonyl (C=O) groups excluding carboxylic acids is 1. The van der Waals surface area contributed by atoms with Gasteiger partial charge in [-0.3, -0.25) is 9.36 Å². The van der Waals surface area contributed by atoms with Gasteiger partial charge in [-0.1, -0.05) is 0 Å². The van der Waals surface area contributed by atoms with Gasteiger partial charge in [-0.05, 0) is 27.7 Å². The van der Waals surface area contributed by atoms with Crippen LogP contribution in [0.3, 0.4) is 0 Å². The largest absolute Gasteiger partial charge is 0.363 e. The fourth-order valence-electron chi connectivity index (χ4n) is 1.30. The average Bonchev–Trinajstić information content (AvgIpc) is 2.62. The smallest absolute Gasteiger partial charge is 0.302 e. The summed E-state index contributed by atoms with van der Waals surface area (Å²) >= 11 is 1.31. The Kier molecular flexibility index (Phi) is 5.07. The normalized spacial score (nSPS) is 12.4. The van der Waals surface area contributed by atoms with Crippen molar-refractivity contribution in [2.24, 2.45) is 0 Å². The summed E-state index contributed by atoms with van der Waals surface area (Å²) in [5.41, 5.74) is 0.375. The zero-order valence-corrected chi connectivity index (χ0v) is 12.1. The predicted molar refractivity (Wildman–Crippen MR) is 69.4 cm³/mol. The molecule has 0 saturated heterocycles. The first-order valence-corrected chi connectivity index (χ1v) is 7.86. The van der Waals surface area contributed by atoms with Gasteiger partial charge in [0.15, 0.2) is 6.29 Å². The Morgan fingerprint density at radius 2 is 1.71 bits per heavy atom. The van der Waals surface area contributed by atoms with Crippen LogP contribution in [0.5, 0.6) is 0 Å². The Morgan fingerprint density at radius 3 is 2.12 bits per heavy atom. The van der Waals surface area contributed by atoms with Gasteiger partial charge in [0.05, 0.1) is 17.5 Å². The van der Waals surface area contributed by atoms with Crippen molar-refractivity contribution in [1.29, 1.82) is 0 Å². The lowest BCUT2D eigenvalue weighted by Crippen LogP contribution is -2.18. The van der Waals surface area contributed by atoms with Crippen molar-refractivity contribution >= 4 is 30.5 Å². The summed E-state index contributed by atoms with van der Waals surface area (Å²) < 4.78 is 23.5. The van der Waals surface area contributed by atoms with E-state index in [-0.39, 0.29) is 12.2 Å². The molecule has 0 aliphatic rings. The van der Waals surface area contributed by atoms with Crippen LogP contribution in [0.25, 0.3) is 0 Å². The molecule has 0 spiro atoms. The second-order valence-corrected chi connectivity index (χ2v) is 6.78. The highest BCUT2D eigenvalue weighted by Crippen LogP contribution is 2.50. The van der Waals surface area contributed by atoms with Crippen molar-refractivity contribution in [3.8, 4) is 0 Å². The monoisotopic (exact) mass is 276 g/mol. The quantitative estimate of drug-likeness (QED) is 0.591. The highest BCUT2D eigenvalue weighted by atomic mass is 32.1. The summed E-state index contributed by atoms with van der Waals surface area (Å²) in [6.45, 7) is 7.12. The number of hydrogen-bond acceptors (Lipinski definition) is 5. The number of hydrogen-bond donors (Lipinski definition) is 0. The van der Waals surface area contributed by atoms with Crippen LogP contribution in [-0.2, 0) is 13.6 Å². The molecule has 0 aliphatic carbocycles. The van der Waals surface area contributed by atoms with E-state index in [0.29, 0.717) is 17.2 Å². The zero-order valence-electron chi connectivity index (χ0n) is 10.4. The van der Waals surface area contributed by atoms with Crippen LogP contribution in [0.1, 0.15) is 38.1 Å². The van der Waals surface area contributed by atoms with Gasteiger partial charge in [-0.15, -0.1) is 0 Å². The van der Waals surface area contributed by atoms with E-state index in [0.717, 1.165) is 0 Å². The van der Waals surface area contributed by atoms with Crippen molar-refractivity contribution in [1.82, 2.24) is 0 Å². The first kappa shape index (κ1) is 14.6. The molecule has 4 nitrogen and oxygen atoms in total. The molecule has 1 rings (SSSR count). The van der Waals surface area contributed by atoms with E-state index in [1.807, 2.05) is 0 Å². The second kappa shape index (κ2) is 5.91. The molecule has 17 heavy (non-hydrogen) atoms. The van der Waals surface area contributed by atoms with Crippen LogP contribution in [-0.4, -0.2) is 18.5 Å². The average molecular weight is 276 g/mol. The maximum atomic E-state index is 12.7. The molecule has 0 bridgehead atoms. The Labute approximate surface area is 105 Å². The summed E-state index contributed by atoms with van der Waals surface area (Å²) in [5, 5.41) is 3.65. The summed E-state index contributed by atoms with van der Waals surface area (Å²) in [7, 11) is -3.41. The van der Waals surface area contributed by atoms with Gasteiger partial charge in [0, 0.05) is 16.3 Å². The fourth-order valence-corrected chi connectivity index (χ4v) is 4.57. The molecule has 0 N–H and O–H groups in total. The van der Waals surface area contributed by atoms with Crippen LogP contribution >= 0.6 is 18.9 Å². The van der Waals surface area contributed by atoms with E-state index in [1.165, 1.54) is 11.3 Å². The summed E-state index contributed by atoms with van der Waals surface area (Å²) in [6, 6.07) is 0. The fraction of sp³-hybridized carbons (Fsp3) is 0.545. The molecule has 0 saturated carbocycles. The Bertz CT molecular complexity index is 411. The van der Waals surface area contributed by atoms with E-state index in [2.05, 4.69) is 0 Å². The Hall–Kier alpha value is -0.480. The minimum Gasteiger partial charge on any atom is -0.302 e. The number of carbonyl (C=O) groups is 1. The molecule has 6 heteroatoms. The molecule has 0 unspecified atom stereocenters. The highest BCUT2D eigenvalue weighted by Gasteiger charge is 2.33. The van der Waals surface area contributed by atoms with Crippen molar-refractivity contribution in [2.45, 2.75) is 39.9 Å². The lowest BCUT2D eigenvalue weighted by molar-refractivity contribution is 0.112. The highest BCUT2D eigenvalue weighted by molar-refractivity contribution is 7.62. The minimum absolute atomic E-state index is 0.237. The van der Waals surface area contributed by atoms with Gasteiger partial charge >= 0.3 is 7.60 Å². The van der Waals surface area contributed by atoms with Crippen molar-refractivity contribution in [3.05, 3.63) is 16.3 Å². The van der Waals surface area contributed by atoms with E-state index >= 15 is 0 Å². The van der Waals surface area contributed by atoms with E-state index in [1.54, 1.807) is 38.5 Å². The summed E-state index contributed by atoms with van der Waals surface area (Å²) in [6.07, 6.45) is 0.198. The standard InChI is InChI=1S/C11H17O4PS/c1-8(2)14-16(13,15-9(3)4)11-7-17-6-10(11)5-12/h5-9H,1-4H3. The predicted octanol–water partition coefficient (Wildman–Crippen LogP) is 3.23. The van der Waals surface area contributed by atoms with Crippen LogP contribution < -0.4 is 5.30 Å². The van der Waals surface area contributed by atoms with E-state index < -0.39 is 7.60 Å². The first-order valence-electron chi connectivity index (χ1n) is 5.38. The van der Waals surface area contributed by atoms with Crippen LogP contribution in [0.15, 0.2) is 10.8 Å². The molecule has 0 fully saturated rings. The van der Waals surface area contributed by atoms with Crippen molar-refractivity contribution in [2.75, 3.05) is 0 Å². The molecule has 96 valence electrons. The van der Waals surface area contributed by atoms with Crippen LogP contribution in [0.2, 0.25) is 0 Å². The number of thiophene rings is 1. The van der Waals surface area contributed by atoms with E-state index in [9.17, 15) is 9.36 Å². The second-order valence-electron chi connectivity index (χ2n) is 4.14. The molecular weight excluding hydrogens is 259 g/mol. The first-order chi connectivity index (χ1) is 7.89. The maximum absolute atomic E-state index is 12.7. The van der Waals surface area contributed by atoms with Crippen molar-refractivity contribution < 1.29 is 18.4 Å². The molecule has 0 amide bonds. The van der Waals surface area contributed by atoms with Crippen LogP contribution in [0.4, 0.5) is 0 Å². The Morgan fingerprint density at radius 1 is 1.18 bits per heavy atom. The topological polar surface area (TPSA) is 52.6 Å². The summed E-state index contributed by atoms with van der Waals surface area (Å²) in [5.74, 6) is 0. The zero-order chi connectivity index (χ0) is 13.1. The minimum atomic E-state index is -3.41. The Balaban J connectivity index is 3.14. The number of rotatable bonds is 6. The molecule has 0 atom stereocenters. The molecular formula is C11H17O4PS. The molecule has 1 heterocycles. The molecule has 1 aromatic rings. The van der Waals surface area contributed by atoms with Gasteiger partial charge in [-0.2, -0.15) is 11.3 Å². The van der Waals surface area contributed by atoms with Crippen LogP contribution in [0, 0.1) is 0 Å². The summed E-state index contributed by atoms with van der Waals surface area (Å²) in [4.78, 5) is 10.9. The SMILES string of the molecule is CC(C)OP(=O)(OC(C)C)c1cscc1C=O. The molecule has 0 aliphatic heterocycles. The third-order valence-electron chi connectivity index (χ3n) is 1.79. The molecule has 0 aromatic carbocycles. The van der Waals surface area contributed by atoms with Gasteiger partial charge in [0.2, 0.25) is 0 Å². The number of aldehydes is 1. The van der Waals surface area contributed by atoms with Gasteiger partial charge in [0.1, 0.15) is 0 Å². The lowest BCUT2D eigenvalue weighted by atomic mass is 10.4. The van der Waals surface area contributed by atoms with E-state index in [4.69, 9.17) is 9.05 Å². The molecule has 1 aromatic heterocycles. The van der Waals surface area contributed by atoms with Gasteiger partial charge < -0.3 is 9.05 Å². The van der Waals surface area contributed by atoms with Crippen molar-refractivity contribution in [3.63, 3.8) is 0 Å².